The summed E-state index contributed by atoms with van der Waals surface area (Å²) in [5, 5.41) is 0. The van der Waals surface area contributed by atoms with E-state index in [-0.39, 0.29) is 23.2 Å². The molecule has 0 radical (unpaired) electrons. The number of nitrogens with one attached hydrogen (secondary N) is 1. The van der Waals surface area contributed by atoms with E-state index in [1.807, 2.05) is 0 Å². The molecule has 0 aliphatic rings. The van der Waals surface area contributed by atoms with Gasteiger partial charge in [0.15, 0.2) is 0 Å². The first-order valence-electron chi connectivity index (χ1n) is 5.39. The highest BCUT2D eigenvalue weighted by Gasteiger charge is 2.22. The Morgan fingerprint density at radius 1 is 1.33 bits per heavy atom. The molecule has 6 nitrogen and oxygen atoms in total. The number of rotatable bonds is 6. The van der Waals surface area contributed by atoms with Crippen LogP contribution in [0.4, 0.5) is 0 Å². The van der Waals surface area contributed by atoms with Gasteiger partial charge in [0.05, 0.1) is 14.2 Å². The van der Waals surface area contributed by atoms with Crippen molar-refractivity contribution in [2.75, 3.05) is 20.8 Å². The van der Waals surface area contributed by atoms with Gasteiger partial charge in [0, 0.05) is 18.7 Å². The Hall–Kier alpha value is -1.31. The summed E-state index contributed by atoms with van der Waals surface area (Å²) in [6, 6.07) is 4.22. The van der Waals surface area contributed by atoms with E-state index in [1.165, 1.54) is 20.3 Å². The molecule has 0 amide bonds. The van der Waals surface area contributed by atoms with E-state index in [9.17, 15) is 8.42 Å². The molecule has 1 atom stereocenters. The Labute approximate surface area is 107 Å². The number of hydrogen-bond acceptors (Lipinski definition) is 5. The van der Waals surface area contributed by atoms with Crippen molar-refractivity contribution in [2.24, 2.45) is 5.73 Å². The molecule has 1 aromatic rings. The summed E-state index contributed by atoms with van der Waals surface area (Å²) in [7, 11) is -0.806. The van der Waals surface area contributed by atoms with Gasteiger partial charge in [-0.05, 0) is 19.1 Å². The highest BCUT2D eigenvalue weighted by molar-refractivity contribution is 7.89. The van der Waals surface area contributed by atoms with Gasteiger partial charge < -0.3 is 15.2 Å². The molecule has 0 aromatic heterocycles. The van der Waals surface area contributed by atoms with Gasteiger partial charge in [0.2, 0.25) is 10.0 Å². The average molecular weight is 274 g/mol. The normalized spacial score (nSPS) is 13.1. The highest BCUT2D eigenvalue weighted by Crippen LogP contribution is 2.28. The van der Waals surface area contributed by atoms with E-state index in [2.05, 4.69) is 4.72 Å². The van der Waals surface area contributed by atoms with Crippen LogP contribution >= 0.6 is 0 Å². The van der Waals surface area contributed by atoms with Crippen molar-refractivity contribution in [1.82, 2.24) is 4.72 Å². The Morgan fingerprint density at radius 3 is 2.50 bits per heavy atom. The van der Waals surface area contributed by atoms with E-state index >= 15 is 0 Å². The van der Waals surface area contributed by atoms with E-state index in [4.69, 9.17) is 15.2 Å². The number of benzene rings is 1. The van der Waals surface area contributed by atoms with Crippen molar-refractivity contribution in [3.05, 3.63) is 18.2 Å². The minimum Gasteiger partial charge on any atom is -0.497 e. The molecule has 102 valence electrons. The molecule has 0 saturated heterocycles. The van der Waals surface area contributed by atoms with Gasteiger partial charge in [-0.3, -0.25) is 0 Å². The van der Waals surface area contributed by atoms with Gasteiger partial charge in [-0.15, -0.1) is 0 Å². The van der Waals surface area contributed by atoms with Crippen LogP contribution in [0.2, 0.25) is 0 Å². The van der Waals surface area contributed by atoms with Crippen molar-refractivity contribution in [3.8, 4) is 11.5 Å². The minimum absolute atomic E-state index is 0.0321. The van der Waals surface area contributed by atoms with Gasteiger partial charge in [-0.1, -0.05) is 0 Å². The Bertz CT molecular complexity index is 502. The van der Waals surface area contributed by atoms with Crippen LogP contribution in [-0.2, 0) is 10.0 Å². The maximum atomic E-state index is 12.1. The van der Waals surface area contributed by atoms with Crippen LogP contribution in [0.15, 0.2) is 23.1 Å². The molecule has 1 rings (SSSR count). The summed E-state index contributed by atoms with van der Waals surface area (Å²) < 4.78 is 36.8. The van der Waals surface area contributed by atoms with Gasteiger partial charge in [0.25, 0.3) is 0 Å². The molecular formula is C11H18N2O4S. The third-order valence-corrected chi connectivity index (χ3v) is 3.98. The highest BCUT2D eigenvalue weighted by atomic mass is 32.2. The zero-order valence-electron chi connectivity index (χ0n) is 10.6. The van der Waals surface area contributed by atoms with Crippen molar-refractivity contribution < 1.29 is 17.9 Å². The van der Waals surface area contributed by atoms with Crippen LogP contribution in [-0.4, -0.2) is 35.2 Å². The fraction of sp³-hybridized carbons (Fsp3) is 0.455. The van der Waals surface area contributed by atoms with Crippen LogP contribution in [0.3, 0.4) is 0 Å². The summed E-state index contributed by atoms with van der Waals surface area (Å²) in [4.78, 5) is 0.0321. The molecule has 1 unspecified atom stereocenters. The molecule has 1 aromatic carbocycles. The summed E-state index contributed by atoms with van der Waals surface area (Å²) in [6.45, 7) is 1.90. The predicted molar refractivity (Wildman–Crippen MR) is 68.4 cm³/mol. The molecule has 0 saturated carbocycles. The zero-order chi connectivity index (χ0) is 13.8. The van der Waals surface area contributed by atoms with Gasteiger partial charge in [-0.2, -0.15) is 0 Å². The molecule has 0 spiro atoms. The largest absolute Gasteiger partial charge is 0.497 e. The quantitative estimate of drug-likeness (QED) is 0.780. The maximum Gasteiger partial charge on any atom is 0.244 e. The van der Waals surface area contributed by atoms with Gasteiger partial charge in [0.1, 0.15) is 16.4 Å². The molecule has 18 heavy (non-hydrogen) atoms. The summed E-state index contributed by atoms with van der Waals surface area (Å²) >= 11 is 0. The van der Waals surface area contributed by atoms with E-state index in [0.717, 1.165) is 0 Å². The fourth-order valence-electron chi connectivity index (χ4n) is 1.37. The second-order valence-corrected chi connectivity index (χ2v) is 5.46. The molecule has 0 heterocycles. The second kappa shape index (κ2) is 6.03. The van der Waals surface area contributed by atoms with Crippen molar-refractivity contribution in [1.29, 1.82) is 0 Å². The maximum absolute atomic E-state index is 12.1. The molecule has 0 aliphatic heterocycles. The minimum atomic E-state index is -3.68. The van der Waals surface area contributed by atoms with E-state index in [1.54, 1.807) is 19.1 Å². The van der Waals surface area contributed by atoms with Crippen molar-refractivity contribution >= 4 is 10.0 Å². The standard InChI is InChI=1S/C11H18N2O4S/c1-8(7-12)13-18(14,15)11-6-9(16-2)4-5-10(11)17-3/h4-6,8,13H,7,12H2,1-3H3. The second-order valence-electron chi connectivity index (χ2n) is 3.77. The lowest BCUT2D eigenvalue weighted by Gasteiger charge is -2.15. The smallest absolute Gasteiger partial charge is 0.244 e. The Balaban J connectivity index is 3.20. The summed E-state index contributed by atoms with van der Waals surface area (Å²) in [5.41, 5.74) is 5.40. The third-order valence-electron chi connectivity index (χ3n) is 2.37. The molecular weight excluding hydrogens is 256 g/mol. The number of ether oxygens (including phenoxy) is 2. The van der Waals surface area contributed by atoms with Crippen LogP contribution < -0.4 is 19.9 Å². The number of nitrogens with two attached hydrogens (primary N) is 1. The molecule has 3 N–H and O–H groups in total. The first-order valence-corrected chi connectivity index (χ1v) is 6.87. The molecule has 0 fully saturated rings. The van der Waals surface area contributed by atoms with Crippen molar-refractivity contribution in [3.63, 3.8) is 0 Å². The monoisotopic (exact) mass is 274 g/mol. The molecule has 7 heteroatoms. The molecule has 0 bridgehead atoms. The summed E-state index contributed by atoms with van der Waals surface area (Å²) in [5.74, 6) is 0.698. The first kappa shape index (κ1) is 14.7. The number of hydrogen-bond donors (Lipinski definition) is 2. The SMILES string of the molecule is COc1ccc(OC)c(S(=O)(=O)NC(C)CN)c1. The molecule has 0 aliphatic carbocycles. The Kier molecular flexibility index (Phi) is 4.94. The van der Waals surface area contributed by atoms with Crippen molar-refractivity contribution in [2.45, 2.75) is 17.9 Å². The van der Waals surface area contributed by atoms with Crippen LogP contribution in [0.5, 0.6) is 11.5 Å². The lowest BCUT2D eigenvalue weighted by molar-refractivity contribution is 0.391. The predicted octanol–water partition coefficient (Wildman–Crippen LogP) is 0.329. The summed E-state index contributed by atoms with van der Waals surface area (Å²) in [6.07, 6.45) is 0. The van der Waals surface area contributed by atoms with Crippen LogP contribution in [0.25, 0.3) is 0 Å². The third kappa shape index (κ3) is 3.34. The van der Waals surface area contributed by atoms with E-state index in [0.29, 0.717) is 5.75 Å². The van der Waals surface area contributed by atoms with Crippen LogP contribution in [0, 0.1) is 0 Å². The average Bonchev–Trinajstić information content (AvgIpc) is 2.37. The van der Waals surface area contributed by atoms with E-state index < -0.39 is 10.0 Å². The lowest BCUT2D eigenvalue weighted by Crippen LogP contribution is -2.37. The number of sulfonamides is 1. The topological polar surface area (TPSA) is 90.6 Å². The van der Waals surface area contributed by atoms with Gasteiger partial charge in [-0.25, -0.2) is 13.1 Å². The zero-order valence-corrected chi connectivity index (χ0v) is 11.5. The lowest BCUT2D eigenvalue weighted by atomic mass is 10.3. The fourth-order valence-corrected chi connectivity index (χ4v) is 2.81. The Morgan fingerprint density at radius 2 is 2.00 bits per heavy atom. The first-order chi connectivity index (χ1) is 8.44. The number of methoxy groups -OCH3 is 2. The van der Waals surface area contributed by atoms with Crippen LogP contribution in [0.1, 0.15) is 6.92 Å². The van der Waals surface area contributed by atoms with Gasteiger partial charge >= 0.3 is 0 Å².